The predicted molar refractivity (Wildman–Crippen MR) is 49.5 cm³/mol. The van der Waals surface area contributed by atoms with Crippen molar-refractivity contribution < 1.29 is 5.11 Å². The van der Waals surface area contributed by atoms with E-state index in [4.69, 9.17) is 0 Å². The lowest BCUT2D eigenvalue weighted by molar-refractivity contribution is 0.0889. The molecule has 0 bridgehead atoms. The van der Waals surface area contributed by atoms with E-state index in [2.05, 4.69) is 20.8 Å². The van der Waals surface area contributed by atoms with E-state index in [1.165, 1.54) is 0 Å². The molecular weight excluding hydrogens is 136 g/mol. The van der Waals surface area contributed by atoms with Crippen molar-refractivity contribution in [2.45, 2.75) is 53.1 Å². The molecule has 0 fully saturated rings. The highest BCUT2D eigenvalue weighted by Gasteiger charge is 2.16. The van der Waals surface area contributed by atoms with Crippen LogP contribution >= 0.6 is 0 Å². The lowest BCUT2D eigenvalue weighted by Crippen LogP contribution is -2.20. The molecule has 0 radical (unpaired) electrons. The van der Waals surface area contributed by atoms with Crippen LogP contribution in [-0.2, 0) is 0 Å². The first-order chi connectivity index (χ1) is 5.11. The van der Waals surface area contributed by atoms with Crippen LogP contribution in [0.5, 0.6) is 0 Å². The van der Waals surface area contributed by atoms with Gasteiger partial charge in [-0.3, -0.25) is 0 Å². The van der Waals surface area contributed by atoms with E-state index in [-0.39, 0.29) is 6.10 Å². The minimum absolute atomic E-state index is 0.0811. The molecule has 0 aromatic carbocycles. The van der Waals surface area contributed by atoms with E-state index in [0.717, 1.165) is 19.3 Å². The molecule has 2 unspecified atom stereocenters. The summed E-state index contributed by atoms with van der Waals surface area (Å²) in [6.07, 6.45) is 3.08. The minimum atomic E-state index is -0.0811. The molecule has 0 heterocycles. The summed E-state index contributed by atoms with van der Waals surface area (Å²) in [5, 5.41) is 9.57. The molecule has 0 aliphatic rings. The van der Waals surface area contributed by atoms with Gasteiger partial charge in [-0.05, 0) is 24.7 Å². The Balaban J connectivity index is 3.74. The second-order valence-corrected chi connectivity index (χ2v) is 3.77. The second-order valence-electron chi connectivity index (χ2n) is 3.77. The monoisotopic (exact) mass is 158 g/mol. The van der Waals surface area contributed by atoms with Crippen LogP contribution in [0.3, 0.4) is 0 Å². The molecule has 0 rings (SSSR count). The topological polar surface area (TPSA) is 20.2 Å². The predicted octanol–water partition coefficient (Wildman–Crippen LogP) is 2.83. The summed E-state index contributed by atoms with van der Waals surface area (Å²) in [7, 11) is 0. The Labute approximate surface area is 70.8 Å². The van der Waals surface area contributed by atoms with Crippen LogP contribution in [0.25, 0.3) is 0 Å². The van der Waals surface area contributed by atoms with Crippen LogP contribution in [0.4, 0.5) is 0 Å². The maximum Gasteiger partial charge on any atom is 0.0565 e. The van der Waals surface area contributed by atoms with E-state index < -0.39 is 0 Å². The number of hydrogen-bond acceptors (Lipinski definition) is 1. The SMILES string of the molecule is CCC(O)C(CC)CC(C)C. The highest BCUT2D eigenvalue weighted by Crippen LogP contribution is 2.20. The quantitative estimate of drug-likeness (QED) is 0.652. The van der Waals surface area contributed by atoms with Gasteiger partial charge in [0.25, 0.3) is 0 Å². The molecule has 2 atom stereocenters. The van der Waals surface area contributed by atoms with Gasteiger partial charge in [-0.1, -0.05) is 34.1 Å². The number of hydrogen-bond donors (Lipinski definition) is 1. The van der Waals surface area contributed by atoms with Crippen molar-refractivity contribution in [1.82, 2.24) is 0 Å². The first kappa shape index (κ1) is 11.0. The summed E-state index contributed by atoms with van der Waals surface area (Å²) in [4.78, 5) is 0. The van der Waals surface area contributed by atoms with E-state index in [1.807, 2.05) is 6.92 Å². The van der Waals surface area contributed by atoms with Gasteiger partial charge in [0.1, 0.15) is 0 Å². The summed E-state index contributed by atoms with van der Waals surface area (Å²) in [6.45, 7) is 8.63. The number of rotatable bonds is 5. The molecule has 0 aliphatic heterocycles. The average Bonchev–Trinajstić information content (AvgIpc) is 1.98. The molecule has 1 nitrogen and oxygen atoms in total. The van der Waals surface area contributed by atoms with Gasteiger partial charge in [0.05, 0.1) is 6.10 Å². The van der Waals surface area contributed by atoms with Crippen LogP contribution in [-0.4, -0.2) is 11.2 Å². The zero-order chi connectivity index (χ0) is 8.85. The van der Waals surface area contributed by atoms with Crippen molar-refractivity contribution in [1.29, 1.82) is 0 Å². The Hall–Kier alpha value is -0.0400. The first-order valence-electron chi connectivity index (χ1n) is 4.79. The third-order valence-electron chi connectivity index (χ3n) is 2.26. The fraction of sp³-hybridized carbons (Fsp3) is 1.00. The van der Waals surface area contributed by atoms with Gasteiger partial charge in [-0.2, -0.15) is 0 Å². The zero-order valence-corrected chi connectivity index (χ0v) is 8.30. The zero-order valence-electron chi connectivity index (χ0n) is 8.30. The van der Waals surface area contributed by atoms with Crippen molar-refractivity contribution in [3.63, 3.8) is 0 Å². The summed E-state index contributed by atoms with van der Waals surface area (Å²) < 4.78 is 0. The molecular formula is C10H22O. The molecule has 0 spiro atoms. The normalized spacial score (nSPS) is 16.9. The Bertz CT molecular complexity index is 88.9. The molecule has 1 heteroatoms. The lowest BCUT2D eigenvalue weighted by atomic mass is 9.89. The largest absolute Gasteiger partial charge is 0.393 e. The van der Waals surface area contributed by atoms with E-state index in [0.29, 0.717) is 11.8 Å². The molecule has 0 aromatic heterocycles. The molecule has 0 saturated heterocycles. The Morgan fingerprint density at radius 2 is 1.64 bits per heavy atom. The highest BCUT2D eigenvalue weighted by molar-refractivity contribution is 4.67. The Kier molecular flexibility index (Phi) is 5.57. The third-order valence-corrected chi connectivity index (χ3v) is 2.26. The Morgan fingerprint density at radius 1 is 1.09 bits per heavy atom. The van der Waals surface area contributed by atoms with Crippen LogP contribution in [0.1, 0.15) is 47.0 Å². The van der Waals surface area contributed by atoms with E-state index in [1.54, 1.807) is 0 Å². The summed E-state index contributed by atoms with van der Waals surface area (Å²) >= 11 is 0. The van der Waals surface area contributed by atoms with Gasteiger partial charge in [-0.25, -0.2) is 0 Å². The van der Waals surface area contributed by atoms with E-state index in [9.17, 15) is 5.11 Å². The maximum atomic E-state index is 9.57. The van der Waals surface area contributed by atoms with Crippen LogP contribution in [0.2, 0.25) is 0 Å². The fourth-order valence-electron chi connectivity index (χ4n) is 1.53. The van der Waals surface area contributed by atoms with Gasteiger partial charge in [0.2, 0.25) is 0 Å². The number of aliphatic hydroxyl groups is 1. The van der Waals surface area contributed by atoms with Crippen LogP contribution < -0.4 is 0 Å². The van der Waals surface area contributed by atoms with Crippen molar-refractivity contribution in [2.75, 3.05) is 0 Å². The smallest absolute Gasteiger partial charge is 0.0565 e. The fourth-order valence-corrected chi connectivity index (χ4v) is 1.53. The summed E-state index contributed by atoms with van der Waals surface area (Å²) in [5.41, 5.74) is 0. The van der Waals surface area contributed by atoms with Crippen molar-refractivity contribution in [2.24, 2.45) is 11.8 Å². The van der Waals surface area contributed by atoms with Gasteiger partial charge >= 0.3 is 0 Å². The van der Waals surface area contributed by atoms with Crippen molar-refractivity contribution in [3.05, 3.63) is 0 Å². The molecule has 0 aromatic rings. The second kappa shape index (κ2) is 5.59. The van der Waals surface area contributed by atoms with Gasteiger partial charge in [0, 0.05) is 0 Å². The molecule has 11 heavy (non-hydrogen) atoms. The first-order valence-corrected chi connectivity index (χ1v) is 4.79. The van der Waals surface area contributed by atoms with Gasteiger partial charge in [0.15, 0.2) is 0 Å². The van der Waals surface area contributed by atoms with E-state index >= 15 is 0 Å². The van der Waals surface area contributed by atoms with Crippen molar-refractivity contribution >= 4 is 0 Å². The lowest BCUT2D eigenvalue weighted by Gasteiger charge is -2.21. The molecule has 68 valence electrons. The molecule has 0 saturated carbocycles. The Morgan fingerprint density at radius 3 is 1.91 bits per heavy atom. The standard InChI is InChI=1S/C10H22O/c1-5-9(7-8(3)4)10(11)6-2/h8-11H,5-7H2,1-4H3. The molecule has 0 amide bonds. The summed E-state index contributed by atoms with van der Waals surface area (Å²) in [5.74, 6) is 1.22. The van der Waals surface area contributed by atoms with Gasteiger partial charge < -0.3 is 5.11 Å². The molecule has 1 N–H and O–H groups in total. The van der Waals surface area contributed by atoms with Gasteiger partial charge in [-0.15, -0.1) is 0 Å². The van der Waals surface area contributed by atoms with Crippen molar-refractivity contribution in [3.8, 4) is 0 Å². The number of aliphatic hydroxyl groups excluding tert-OH is 1. The van der Waals surface area contributed by atoms with Crippen LogP contribution in [0.15, 0.2) is 0 Å². The third kappa shape index (κ3) is 4.41. The van der Waals surface area contributed by atoms with Crippen LogP contribution in [0, 0.1) is 11.8 Å². The highest BCUT2D eigenvalue weighted by atomic mass is 16.3. The average molecular weight is 158 g/mol. The molecule has 0 aliphatic carbocycles. The summed E-state index contributed by atoms with van der Waals surface area (Å²) in [6, 6.07) is 0. The maximum absolute atomic E-state index is 9.57. The minimum Gasteiger partial charge on any atom is -0.393 e.